The highest BCUT2D eigenvalue weighted by Crippen LogP contribution is 2.21. The third-order valence-electron chi connectivity index (χ3n) is 3.64. The minimum absolute atomic E-state index is 0.0609. The topological polar surface area (TPSA) is 56.1 Å². The fraction of sp³-hybridized carbons (Fsp3) is 0.222. The van der Waals surface area contributed by atoms with Crippen LogP contribution in [0.25, 0.3) is 5.69 Å². The molecular weight excluding hydrogens is 322 g/mol. The van der Waals surface area contributed by atoms with Crippen molar-refractivity contribution >= 4 is 17.2 Å². The summed E-state index contributed by atoms with van der Waals surface area (Å²) >= 11 is 1.70. The van der Waals surface area contributed by atoms with Gasteiger partial charge in [0, 0.05) is 23.5 Å². The van der Waals surface area contributed by atoms with Gasteiger partial charge in [-0.05, 0) is 30.5 Å². The van der Waals surface area contributed by atoms with Crippen LogP contribution in [0.2, 0.25) is 0 Å². The molecule has 2 heterocycles. The summed E-state index contributed by atoms with van der Waals surface area (Å²) in [5, 5.41) is 9.33. The molecule has 1 unspecified atom stereocenters. The smallest absolute Gasteiger partial charge is 0.254 e. The van der Waals surface area contributed by atoms with Crippen molar-refractivity contribution in [1.29, 1.82) is 0 Å². The maximum atomic E-state index is 12.4. The normalized spacial score (nSPS) is 11.9. The molecule has 0 saturated heterocycles. The van der Waals surface area contributed by atoms with Crippen LogP contribution >= 0.6 is 11.3 Å². The average Bonchev–Trinajstić information content (AvgIpc) is 3.26. The van der Waals surface area contributed by atoms with Gasteiger partial charge in [-0.15, -0.1) is 11.3 Å². The Morgan fingerprint density at radius 1 is 1.33 bits per heavy atom. The minimum Gasteiger partial charge on any atom is -0.494 e. The largest absolute Gasteiger partial charge is 0.494 e. The van der Waals surface area contributed by atoms with Crippen LogP contribution in [0, 0.1) is 0 Å². The van der Waals surface area contributed by atoms with Crippen molar-refractivity contribution < 1.29 is 9.53 Å². The number of nitrogens with one attached hydrogen (secondary N) is 1. The number of carbonyl (C=O) groups excluding carboxylic acids is 1. The van der Waals surface area contributed by atoms with E-state index in [0.717, 1.165) is 12.1 Å². The number of rotatable bonds is 6. The number of aromatic nitrogens is 2. The van der Waals surface area contributed by atoms with E-state index < -0.39 is 0 Å². The number of hydrogen-bond acceptors (Lipinski definition) is 4. The summed E-state index contributed by atoms with van der Waals surface area (Å²) in [6, 6.07) is 11.7. The number of ether oxygens (including phenoxy) is 1. The lowest BCUT2D eigenvalue weighted by Crippen LogP contribution is -2.33. The monoisotopic (exact) mass is 341 g/mol. The van der Waals surface area contributed by atoms with Gasteiger partial charge in [-0.2, -0.15) is 5.10 Å². The van der Waals surface area contributed by atoms with E-state index in [4.69, 9.17) is 4.74 Å². The molecule has 6 heteroatoms. The average molecular weight is 341 g/mol. The standard InChI is InChI=1S/C18H19N3O2S/c1-13(10-15-6-5-9-24-15)20-18(22)14-11-19-21(12-14)16-7-3-4-8-17(16)23-2/h3-9,11-13H,10H2,1-2H3,(H,20,22). The Labute approximate surface area is 144 Å². The van der Waals surface area contributed by atoms with E-state index in [1.807, 2.05) is 42.6 Å². The molecule has 3 aromatic rings. The molecule has 0 aliphatic carbocycles. The second kappa shape index (κ2) is 7.31. The quantitative estimate of drug-likeness (QED) is 0.748. The SMILES string of the molecule is COc1ccccc1-n1cc(C(=O)NC(C)Cc2cccs2)cn1. The second-order valence-electron chi connectivity index (χ2n) is 5.50. The van der Waals surface area contributed by atoms with Crippen LogP contribution in [0.4, 0.5) is 0 Å². The first-order valence-corrected chi connectivity index (χ1v) is 8.56. The minimum atomic E-state index is -0.125. The summed E-state index contributed by atoms with van der Waals surface area (Å²) in [6.45, 7) is 2.00. The molecule has 0 aliphatic heterocycles. The maximum absolute atomic E-state index is 12.4. The predicted molar refractivity (Wildman–Crippen MR) is 95.1 cm³/mol. The second-order valence-corrected chi connectivity index (χ2v) is 6.54. The van der Waals surface area contributed by atoms with Crippen molar-refractivity contribution in [3.63, 3.8) is 0 Å². The summed E-state index contributed by atoms with van der Waals surface area (Å²) in [5.41, 5.74) is 1.32. The predicted octanol–water partition coefficient (Wildman–Crippen LogP) is 3.30. The van der Waals surface area contributed by atoms with Gasteiger partial charge in [0.2, 0.25) is 0 Å². The summed E-state index contributed by atoms with van der Waals surface area (Å²) in [6.07, 6.45) is 4.11. The number of para-hydroxylation sites is 2. The summed E-state index contributed by atoms with van der Waals surface area (Å²) in [5.74, 6) is 0.582. The van der Waals surface area contributed by atoms with E-state index in [-0.39, 0.29) is 11.9 Å². The molecule has 0 aliphatic rings. The highest BCUT2D eigenvalue weighted by atomic mass is 32.1. The van der Waals surface area contributed by atoms with Crippen LogP contribution in [0.5, 0.6) is 5.75 Å². The highest BCUT2D eigenvalue weighted by Gasteiger charge is 2.14. The van der Waals surface area contributed by atoms with Gasteiger partial charge in [0.25, 0.3) is 5.91 Å². The van der Waals surface area contributed by atoms with E-state index in [0.29, 0.717) is 11.3 Å². The van der Waals surface area contributed by atoms with Crippen LogP contribution in [-0.2, 0) is 6.42 Å². The van der Waals surface area contributed by atoms with Crippen molar-refractivity contribution in [1.82, 2.24) is 15.1 Å². The fourth-order valence-corrected chi connectivity index (χ4v) is 3.31. The van der Waals surface area contributed by atoms with Gasteiger partial charge in [-0.25, -0.2) is 4.68 Å². The number of thiophene rings is 1. The number of nitrogens with zero attached hydrogens (tertiary/aromatic N) is 2. The lowest BCUT2D eigenvalue weighted by molar-refractivity contribution is 0.0940. The molecule has 1 N–H and O–H groups in total. The Kier molecular flexibility index (Phi) is 4.96. The van der Waals surface area contributed by atoms with E-state index in [1.54, 1.807) is 35.5 Å². The number of carbonyl (C=O) groups is 1. The Balaban J connectivity index is 1.69. The summed E-state index contributed by atoms with van der Waals surface area (Å²) in [4.78, 5) is 13.6. The van der Waals surface area contributed by atoms with Gasteiger partial charge in [0.1, 0.15) is 11.4 Å². The molecule has 2 aromatic heterocycles. The first-order chi connectivity index (χ1) is 11.7. The fourth-order valence-electron chi connectivity index (χ4n) is 2.48. The van der Waals surface area contributed by atoms with Crippen molar-refractivity contribution in [3.05, 3.63) is 64.6 Å². The Bertz CT molecular complexity index is 811. The van der Waals surface area contributed by atoms with Gasteiger partial charge in [0.05, 0.1) is 18.9 Å². The van der Waals surface area contributed by atoms with Gasteiger partial charge in [0.15, 0.2) is 0 Å². The van der Waals surface area contributed by atoms with E-state index in [1.165, 1.54) is 4.88 Å². The van der Waals surface area contributed by atoms with Gasteiger partial charge in [-0.1, -0.05) is 18.2 Å². The Hall–Kier alpha value is -2.60. The van der Waals surface area contributed by atoms with E-state index in [2.05, 4.69) is 16.5 Å². The third-order valence-corrected chi connectivity index (χ3v) is 4.54. The zero-order chi connectivity index (χ0) is 16.9. The van der Waals surface area contributed by atoms with E-state index >= 15 is 0 Å². The Morgan fingerprint density at radius 3 is 2.92 bits per heavy atom. The third kappa shape index (κ3) is 3.65. The first-order valence-electron chi connectivity index (χ1n) is 7.68. The number of methoxy groups -OCH3 is 1. The summed E-state index contributed by atoms with van der Waals surface area (Å²) < 4.78 is 6.98. The molecule has 1 atom stereocenters. The lowest BCUT2D eigenvalue weighted by atomic mass is 10.2. The van der Waals surface area contributed by atoms with Gasteiger partial charge >= 0.3 is 0 Å². The molecule has 3 rings (SSSR count). The van der Waals surface area contributed by atoms with Crippen LogP contribution in [0.15, 0.2) is 54.2 Å². The number of hydrogen-bond donors (Lipinski definition) is 1. The first kappa shape index (κ1) is 16.3. The van der Waals surface area contributed by atoms with Crippen LogP contribution in [0.1, 0.15) is 22.2 Å². The van der Waals surface area contributed by atoms with E-state index in [9.17, 15) is 4.79 Å². The van der Waals surface area contributed by atoms with Crippen molar-refractivity contribution in [3.8, 4) is 11.4 Å². The van der Waals surface area contributed by atoms with Gasteiger partial charge < -0.3 is 10.1 Å². The zero-order valence-electron chi connectivity index (χ0n) is 13.6. The van der Waals surface area contributed by atoms with Crippen LogP contribution < -0.4 is 10.1 Å². The Morgan fingerprint density at radius 2 is 2.17 bits per heavy atom. The zero-order valence-corrected chi connectivity index (χ0v) is 14.4. The molecule has 0 fully saturated rings. The lowest BCUT2D eigenvalue weighted by Gasteiger charge is -2.12. The highest BCUT2D eigenvalue weighted by molar-refractivity contribution is 7.09. The molecule has 0 bridgehead atoms. The van der Waals surface area contributed by atoms with Crippen LogP contribution in [-0.4, -0.2) is 28.8 Å². The molecule has 24 heavy (non-hydrogen) atoms. The molecular formula is C18H19N3O2S. The molecule has 124 valence electrons. The molecule has 0 radical (unpaired) electrons. The summed E-state index contributed by atoms with van der Waals surface area (Å²) in [7, 11) is 1.61. The number of amides is 1. The molecule has 1 aromatic carbocycles. The molecule has 0 saturated carbocycles. The van der Waals surface area contributed by atoms with Crippen molar-refractivity contribution in [2.24, 2.45) is 0 Å². The number of benzene rings is 1. The maximum Gasteiger partial charge on any atom is 0.254 e. The molecule has 5 nitrogen and oxygen atoms in total. The van der Waals surface area contributed by atoms with Crippen molar-refractivity contribution in [2.75, 3.05) is 7.11 Å². The van der Waals surface area contributed by atoms with Crippen LogP contribution in [0.3, 0.4) is 0 Å². The van der Waals surface area contributed by atoms with Gasteiger partial charge in [-0.3, -0.25) is 4.79 Å². The molecule has 1 amide bonds. The molecule has 0 spiro atoms. The van der Waals surface area contributed by atoms with Crippen molar-refractivity contribution in [2.45, 2.75) is 19.4 Å².